The Morgan fingerprint density at radius 2 is 2.04 bits per heavy atom. The third-order valence-electron chi connectivity index (χ3n) is 4.72. The molecule has 142 valence electrons. The van der Waals surface area contributed by atoms with Gasteiger partial charge in [-0.2, -0.15) is 0 Å². The van der Waals surface area contributed by atoms with E-state index in [9.17, 15) is 9.18 Å². The van der Waals surface area contributed by atoms with E-state index in [0.717, 1.165) is 11.1 Å². The summed E-state index contributed by atoms with van der Waals surface area (Å²) in [6.07, 6.45) is 4.65. The number of hydrogen-bond donors (Lipinski definition) is 0. The first kappa shape index (κ1) is 18.2. The summed E-state index contributed by atoms with van der Waals surface area (Å²) in [6.45, 7) is 3.10. The zero-order chi connectivity index (χ0) is 19.5. The van der Waals surface area contributed by atoms with Gasteiger partial charge in [0.1, 0.15) is 11.9 Å². The van der Waals surface area contributed by atoms with Crippen molar-refractivity contribution < 1.29 is 13.9 Å². The van der Waals surface area contributed by atoms with Crippen molar-refractivity contribution in [2.45, 2.75) is 13.0 Å². The number of halogens is 1. The van der Waals surface area contributed by atoms with Crippen LogP contribution < -0.4 is 0 Å². The van der Waals surface area contributed by atoms with E-state index < -0.39 is 0 Å². The van der Waals surface area contributed by atoms with Crippen LogP contribution in [0.25, 0.3) is 11.4 Å². The van der Waals surface area contributed by atoms with Crippen LogP contribution in [0, 0.1) is 12.7 Å². The highest BCUT2D eigenvalue weighted by Gasteiger charge is 2.27. The first-order valence-electron chi connectivity index (χ1n) is 9.02. The second kappa shape index (κ2) is 7.82. The lowest BCUT2D eigenvalue weighted by atomic mass is 10.1. The van der Waals surface area contributed by atoms with Gasteiger partial charge in [0, 0.05) is 30.7 Å². The Balaban J connectivity index is 1.53. The largest absolute Gasteiger partial charge is 0.370 e. The van der Waals surface area contributed by atoms with Gasteiger partial charge in [-0.15, -0.1) is 0 Å². The van der Waals surface area contributed by atoms with Crippen molar-refractivity contribution in [3.05, 3.63) is 77.6 Å². The van der Waals surface area contributed by atoms with Gasteiger partial charge in [-0.25, -0.2) is 14.4 Å². The lowest BCUT2D eigenvalue weighted by molar-refractivity contribution is -0.0229. The zero-order valence-electron chi connectivity index (χ0n) is 15.4. The smallest absolute Gasteiger partial charge is 0.257 e. The minimum Gasteiger partial charge on any atom is -0.370 e. The third-order valence-corrected chi connectivity index (χ3v) is 4.72. The summed E-state index contributed by atoms with van der Waals surface area (Å²) >= 11 is 0. The summed E-state index contributed by atoms with van der Waals surface area (Å²) in [5, 5.41) is 0. The van der Waals surface area contributed by atoms with Gasteiger partial charge in [-0.3, -0.25) is 9.78 Å². The van der Waals surface area contributed by atoms with E-state index in [4.69, 9.17) is 4.74 Å². The minimum atomic E-state index is -0.297. The van der Waals surface area contributed by atoms with Crippen LogP contribution in [-0.2, 0) is 4.74 Å². The molecular formula is C21H19FN4O2. The van der Waals surface area contributed by atoms with E-state index in [2.05, 4.69) is 15.0 Å². The lowest BCUT2D eigenvalue weighted by Gasteiger charge is -2.33. The summed E-state index contributed by atoms with van der Waals surface area (Å²) in [5.41, 5.74) is 2.72. The highest BCUT2D eigenvalue weighted by Crippen LogP contribution is 2.24. The number of carbonyl (C=O) groups excluding carboxylic acids is 1. The number of hydrogen-bond acceptors (Lipinski definition) is 5. The van der Waals surface area contributed by atoms with Gasteiger partial charge in [-0.05, 0) is 36.8 Å². The molecule has 0 spiro atoms. The Morgan fingerprint density at radius 3 is 2.75 bits per heavy atom. The van der Waals surface area contributed by atoms with Crippen LogP contribution in [0.5, 0.6) is 0 Å². The molecule has 0 saturated carbocycles. The Bertz CT molecular complexity index is 979. The van der Waals surface area contributed by atoms with Crippen LogP contribution in [0.4, 0.5) is 4.39 Å². The molecule has 1 aliphatic rings. The summed E-state index contributed by atoms with van der Waals surface area (Å²) in [6, 6.07) is 9.86. The molecule has 28 heavy (non-hydrogen) atoms. The molecule has 1 aliphatic heterocycles. The molecule has 0 radical (unpaired) electrons. The van der Waals surface area contributed by atoms with Crippen LogP contribution in [0.1, 0.15) is 27.7 Å². The van der Waals surface area contributed by atoms with Gasteiger partial charge in [0.25, 0.3) is 5.91 Å². The molecule has 1 amide bonds. The van der Waals surface area contributed by atoms with Crippen molar-refractivity contribution in [1.29, 1.82) is 0 Å². The average Bonchev–Trinajstić information content (AvgIpc) is 2.74. The number of morpholine rings is 1. The van der Waals surface area contributed by atoms with Gasteiger partial charge >= 0.3 is 0 Å². The summed E-state index contributed by atoms with van der Waals surface area (Å²) in [7, 11) is 0. The van der Waals surface area contributed by atoms with Crippen LogP contribution in [0.2, 0.25) is 0 Å². The molecule has 4 rings (SSSR count). The van der Waals surface area contributed by atoms with Crippen molar-refractivity contribution >= 4 is 5.91 Å². The van der Waals surface area contributed by atoms with Crippen molar-refractivity contribution in [2.75, 3.05) is 19.7 Å². The molecule has 6 nitrogen and oxygen atoms in total. The number of benzene rings is 1. The Morgan fingerprint density at radius 1 is 1.21 bits per heavy atom. The number of ether oxygens (including phenoxy) is 1. The third kappa shape index (κ3) is 3.75. The first-order chi connectivity index (χ1) is 13.6. The van der Waals surface area contributed by atoms with Gasteiger partial charge in [-0.1, -0.05) is 12.1 Å². The van der Waals surface area contributed by atoms with E-state index in [0.29, 0.717) is 36.8 Å². The fourth-order valence-corrected chi connectivity index (χ4v) is 3.19. The topological polar surface area (TPSA) is 68.2 Å². The number of rotatable bonds is 3. The molecule has 0 bridgehead atoms. The van der Waals surface area contributed by atoms with Crippen LogP contribution in [0.3, 0.4) is 0 Å². The molecule has 1 saturated heterocycles. The lowest BCUT2D eigenvalue weighted by Crippen LogP contribution is -2.42. The van der Waals surface area contributed by atoms with Crippen LogP contribution in [0.15, 0.2) is 55.0 Å². The maximum absolute atomic E-state index is 13.2. The highest BCUT2D eigenvalue weighted by molar-refractivity contribution is 5.95. The minimum absolute atomic E-state index is 0.134. The molecule has 1 unspecified atom stereocenters. The van der Waals surface area contributed by atoms with Gasteiger partial charge < -0.3 is 9.64 Å². The normalized spacial score (nSPS) is 16.8. The summed E-state index contributed by atoms with van der Waals surface area (Å²) < 4.78 is 18.9. The number of aromatic nitrogens is 3. The maximum Gasteiger partial charge on any atom is 0.257 e. The monoisotopic (exact) mass is 378 g/mol. The number of nitrogens with zero attached hydrogens (tertiary/aromatic N) is 4. The molecule has 7 heteroatoms. The molecule has 3 aromatic rings. The average molecular weight is 378 g/mol. The molecule has 1 atom stereocenters. The van der Waals surface area contributed by atoms with Crippen LogP contribution in [-0.4, -0.2) is 45.5 Å². The second-order valence-electron chi connectivity index (χ2n) is 6.60. The van der Waals surface area contributed by atoms with Gasteiger partial charge in [0.2, 0.25) is 0 Å². The van der Waals surface area contributed by atoms with E-state index in [1.54, 1.807) is 42.5 Å². The Hall–Kier alpha value is -3.19. The first-order valence-corrected chi connectivity index (χ1v) is 9.02. The van der Waals surface area contributed by atoms with Crippen molar-refractivity contribution in [3.8, 4) is 11.4 Å². The predicted octanol–water partition coefficient (Wildman–Crippen LogP) is 3.20. The van der Waals surface area contributed by atoms with Crippen molar-refractivity contribution in [2.24, 2.45) is 0 Å². The fraction of sp³-hybridized carbons (Fsp3) is 0.238. The number of amides is 1. The van der Waals surface area contributed by atoms with Gasteiger partial charge in [0.15, 0.2) is 5.82 Å². The SMILES string of the molecule is Cc1nc(-c2cccnc2)ncc1C(=O)N1CCOC(c2ccc(F)cc2)C1. The molecule has 1 aromatic carbocycles. The Kier molecular flexibility index (Phi) is 5.08. The molecular weight excluding hydrogens is 359 g/mol. The van der Waals surface area contributed by atoms with E-state index in [-0.39, 0.29) is 17.8 Å². The molecule has 3 heterocycles. The molecule has 0 N–H and O–H groups in total. The molecule has 2 aromatic heterocycles. The zero-order valence-corrected chi connectivity index (χ0v) is 15.4. The standard InChI is InChI=1S/C21H19FN4O2/c1-14-18(12-24-20(25-14)16-3-2-8-23-11-16)21(27)26-9-10-28-19(13-26)15-4-6-17(22)7-5-15/h2-8,11-12,19H,9-10,13H2,1H3. The Labute approximate surface area is 162 Å². The molecule has 1 fully saturated rings. The maximum atomic E-state index is 13.2. The number of pyridine rings is 1. The molecule has 0 aliphatic carbocycles. The van der Waals surface area contributed by atoms with Gasteiger partial charge in [0.05, 0.1) is 24.4 Å². The van der Waals surface area contributed by atoms with Crippen LogP contribution >= 0.6 is 0 Å². The van der Waals surface area contributed by atoms with E-state index >= 15 is 0 Å². The number of carbonyl (C=O) groups is 1. The second-order valence-corrected chi connectivity index (χ2v) is 6.60. The quantitative estimate of drug-likeness (QED) is 0.700. The number of aryl methyl sites for hydroxylation is 1. The summed E-state index contributed by atoms with van der Waals surface area (Å²) in [4.78, 5) is 27.6. The highest BCUT2D eigenvalue weighted by atomic mass is 19.1. The predicted molar refractivity (Wildman–Crippen MR) is 101 cm³/mol. The summed E-state index contributed by atoms with van der Waals surface area (Å²) in [5.74, 6) is 0.105. The van der Waals surface area contributed by atoms with Crippen molar-refractivity contribution in [3.63, 3.8) is 0 Å². The fourth-order valence-electron chi connectivity index (χ4n) is 3.19. The van der Waals surface area contributed by atoms with E-state index in [1.807, 2.05) is 12.1 Å². The van der Waals surface area contributed by atoms with E-state index in [1.165, 1.54) is 12.1 Å². The van der Waals surface area contributed by atoms with Crippen molar-refractivity contribution in [1.82, 2.24) is 19.9 Å².